The zero-order valence-corrected chi connectivity index (χ0v) is 24.8. The van der Waals surface area contributed by atoms with Crippen LogP contribution in [0.5, 0.6) is 11.5 Å². The number of ether oxygens (including phenoxy) is 5. The van der Waals surface area contributed by atoms with Gasteiger partial charge >= 0.3 is 0 Å². The van der Waals surface area contributed by atoms with Crippen molar-refractivity contribution in [2.24, 2.45) is 0 Å². The monoisotopic (exact) mass is 598 g/mol. The maximum atomic E-state index is 13.9. The Morgan fingerprint density at radius 2 is 1.75 bits per heavy atom. The number of hydrogen-bond acceptors (Lipinski definition) is 8. The predicted octanol–water partition coefficient (Wildman–Crippen LogP) is 4.07. The number of rotatable bonds is 10. The molecule has 3 aliphatic heterocycles. The van der Waals surface area contributed by atoms with Gasteiger partial charge < -0.3 is 33.7 Å². The van der Waals surface area contributed by atoms with Gasteiger partial charge in [0.15, 0.2) is 17.3 Å². The summed E-state index contributed by atoms with van der Waals surface area (Å²) >= 11 is 0. The fourth-order valence-electron chi connectivity index (χ4n) is 6.62. The number of piperazine rings is 1. The normalized spacial score (nSPS) is 20.6. The number of amides is 1. The van der Waals surface area contributed by atoms with Crippen LogP contribution >= 0.6 is 0 Å². The third-order valence-corrected chi connectivity index (χ3v) is 8.82. The Balaban J connectivity index is 1.05. The van der Waals surface area contributed by atoms with Crippen molar-refractivity contribution in [2.45, 2.75) is 31.6 Å². The molecule has 44 heavy (non-hydrogen) atoms. The van der Waals surface area contributed by atoms with Crippen molar-refractivity contribution in [2.75, 3.05) is 59.4 Å². The Labute approximate surface area is 257 Å². The first kappa shape index (κ1) is 28.9. The van der Waals surface area contributed by atoms with E-state index in [1.807, 2.05) is 23.1 Å². The number of nitrogens with zero attached hydrogens (tertiary/aromatic N) is 2. The average Bonchev–Trinajstić information content (AvgIpc) is 3.69. The summed E-state index contributed by atoms with van der Waals surface area (Å²) in [6.45, 7) is 4.71. The van der Waals surface area contributed by atoms with Gasteiger partial charge in [0.25, 0.3) is 5.91 Å². The zero-order valence-electron chi connectivity index (χ0n) is 24.8. The summed E-state index contributed by atoms with van der Waals surface area (Å²) in [4.78, 5) is 18.1. The molecule has 0 bridgehead atoms. The van der Waals surface area contributed by atoms with E-state index in [1.165, 1.54) is 27.8 Å². The summed E-state index contributed by atoms with van der Waals surface area (Å²) in [6, 6.07) is 21.1. The summed E-state index contributed by atoms with van der Waals surface area (Å²) < 4.78 is 28.6. The highest BCUT2D eigenvalue weighted by atomic mass is 16.7. The van der Waals surface area contributed by atoms with E-state index in [4.69, 9.17) is 28.8 Å². The highest BCUT2D eigenvalue weighted by Gasteiger charge is 2.34. The van der Waals surface area contributed by atoms with Crippen LogP contribution < -0.4 is 9.47 Å². The largest absolute Gasteiger partial charge is 0.459 e. The molecule has 2 atom stereocenters. The van der Waals surface area contributed by atoms with Crippen LogP contribution in [0.1, 0.15) is 34.6 Å². The maximum absolute atomic E-state index is 13.9. The minimum atomic E-state index is -0.575. The Kier molecular flexibility index (Phi) is 8.52. The van der Waals surface area contributed by atoms with Gasteiger partial charge in [-0.15, -0.1) is 0 Å². The summed E-state index contributed by atoms with van der Waals surface area (Å²) in [5, 5.41) is 9.01. The fourth-order valence-corrected chi connectivity index (χ4v) is 6.62. The Morgan fingerprint density at radius 1 is 0.909 bits per heavy atom. The number of aliphatic hydroxyl groups is 1. The van der Waals surface area contributed by atoms with Crippen LogP contribution in [-0.2, 0) is 32.0 Å². The van der Waals surface area contributed by atoms with E-state index in [0.717, 1.165) is 43.1 Å². The van der Waals surface area contributed by atoms with Gasteiger partial charge in [0.05, 0.1) is 26.4 Å². The van der Waals surface area contributed by atoms with Gasteiger partial charge in [0.2, 0.25) is 13.1 Å². The number of benzene rings is 3. The Morgan fingerprint density at radius 3 is 2.64 bits per heavy atom. The van der Waals surface area contributed by atoms with Crippen LogP contribution in [0.25, 0.3) is 11.1 Å². The summed E-state index contributed by atoms with van der Waals surface area (Å²) in [7, 11) is 0. The van der Waals surface area contributed by atoms with E-state index in [9.17, 15) is 4.79 Å². The highest BCUT2D eigenvalue weighted by Crippen LogP contribution is 2.43. The van der Waals surface area contributed by atoms with Crippen molar-refractivity contribution >= 4 is 5.91 Å². The highest BCUT2D eigenvalue weighted by molar-refractivity contribution is 5.92. The molecule has 1 saturated heterocycles. The van der Waals surface area contributed by atoms with Crippen LogP contribution in [0.3, 0.4) is 0 Å². The van der Waals surface area contributed by atoms with Gasteiger partial charge in [-0.1, -0.05) is 48.5 Å². The Hall–Kier alpha value is -3.89. The van der Waals surface area contributed by atoms with Crippen LogP contribution in [0.2, 0.25) is 0 Å². The van der Waals surface area contributed by atoms with Crippen LogP contribution in [0.4, 0.5) is 0 Å². The van der Waals surface area contributed by atoms with E-state index in [-0.39, 0.29) is 31.8 Å². The zero-order chi connectivity index (χ0) is 29.9. The molecule has 1 N–H and O–H groups in total. The van der Waals surface area contributed by atoms with Gasteiger partial charge in [-0.2, -0.15) is 0 Å². The fraction of sp³-hybridized carbons (Fsp3) is 0.400. The van der Waals surface area contributed by atoms with Gasteiger partial charge in [-0.05, 0) is 58.0 Å². The molecular formula is C35H38N2O7. The van der Waals surface area contributed by atoms with Crippen LogP contribution in [0, 0.1) is 0 Å². The molecule has 1 fully saturated rings. The summed E-state index contributed by atoms with van der Waals surface area (Å²) in [6.07, 6.45) is 2.91. The van der Waals surface area contributed by atoms with Crippen LogP contribution in [0.15, 0.2) is 72.5 Å². The van der Waals surface area contributed by atoms with E-state index in [2.05, 4.69) is 53.4 Å². The van der Waals surface area contributed by atoms with E-state index in [1.54, 1.807) is 0 Å². The van der Waals surface area contributed by atoms with Crippen molar-refractivity contribution in [3.8, 4) is 22.6 Å². The van der Waals surface area contributed by atoms with E-state index < -0.39 is 6.29 Å². The first-order valence-corrected chi connectivity index (χ1v) is 15.4. The molecule has 4 aliphatic rings. The molecular weight excluding hydrogens is 560 g/mol. The molecule has 9 nitrogen and oxygen atoms in total. The second-order valence-corrected chi connectivity index (χ2v) is 11.6. The lowest BCUT2D eigenvalue weighted by Crippen LogP contribution is -2.49. The van der Waals surface area contributed by atoms with E-state index >= 15 is 0 Å². The smallest absolute Gasteiger partial charge is 0.288 e. The SMILES string of the molecule is O=C(C1=C[C@H](c2cccc3c2Cc2ccccc2-3)C[C@H](OCCOCCO)O1)N1CCN(Cc2ccc3c(c2)OCO3)CC1. The molecule has 1 amide bonds. The summed E-state index contributed by atoms with van der Waals surface area (Å²) in [5.41, 5.74) is 7.56. The number of hydrogen-bond donors (Lipinski definition) is 1. The first-order valence-electron chi connectivity index (χ1n) is 15.4. The van der Waals surface area contributed by atoms with Crippen LogP contribution in [-0.4, -0.2) is 86.5 Å². The number of carbonyl (C=O) groups excluding carboxylic acids is 1. The van der Waals surface area contributed by atoms with Gasteiger partial charge in [-0.25, -0.2) is 0 Å². The predicted molar refractivity (Wildman–Crippen MR) is 163 cm³/mol. The van der Waals surface area contributed by atoms with E-state index in [0.29, 0.717) is 38.5 Å². The topological polar surface area (TPSA) is 89.9 Å². The van der Waals surface area contributed by atoms with Crippen molar-refractivity contribution in [3.63, 3.8) is 0 Å². The number of carbonyl (C=O) groups is 1. The van der Waals surface area contributed by atoms with Crippen molar-refractivity contribution < 1.29 is 33.6 Å². The first-order chi connectivity index (χ1) is 21.7. The van der Waals surface area contributed by atoms with Gasteiger partial charge in [0, 0.05) is 45.1 Å². The third kappa shape index (κ3) is 6.05. The lowest BCUT2D eigenvalue weighted by atomic mass is 9.87. The molecule has 3 aromatic carbocycles. The van der Waals surface area contributed by atoms with Gasteiger partial charge in [-0.3, -0.25) is 9.69 Å². The minimum Gasteiger partial charge on any atom is -0.459 e. The number of aliphatic hydroxyl groups excluding tert-OH is 1. The van der Waals surface area contributed by atoms with Crippen molar-refractivity contribution in [3.05, 3.63) is 94.8 Å². The molecule has 0 saturated carbocycles. The second-order valence-electron chi connectivity index (χ2n) is 11.6. The minimum absolute atomic E-state index is 0.0254. The van der Waals surface area contributed by atoms with Gasteiger partial charge in [0.1, 0.15) is 0 Å². The number of fused-ring (bicyclic) bond motifs is 4. The molecule has 3 aromatic rings. The number of allylic oxidation sites excluding steroid dienone is 1. The average molecular weight is 599 g/mol. The summed E-state index contributed by atoms with van der Waals surface area (Å²) in [5.74, 6) is 1.80. The molecule has 0 spiro atoms. The molecule has 3 heterocycles. The molecule has 230 valence electrons. The second kappa shape index (κ2) is 13.0. The van der Waals surface area contributed by atoms with Crippen molar-refractivity contribution in [1.82, 2.24) is 9.80 Å². The molecule has 0 unspecified atom stereocenters. The molecule has 1 aliphatic carbocycles. The molecule has 0 aromatic heterocycles. The Bertz CT molecular complexity index is 1530. The lowest BCUT2D eigenvalue weighted by Gasteiger charge is -2.37. The lowest BCUT2D eigenvalue weighted by molar-refractivity contribution is -0.157. The molecule has 9 heteroatoms. The quantitative estimate of drug-likeness (QED) is 0.274. The molecule has 0 radical (unpaired) electrons. The standard InChI is InChI=1S/C35H38N2O7/c38-14-15-40-16-17-41-34-21-26(28-6-3-7-29-27-5-2-1-4-25(27)19-30(28)29)20-33(44-34)35(39)37-12-10-36(11-13-37)22-24-8-9-31-32(18-24)43-23-42-31/h1-9,18,20,26,34,38H,10-17,19,21-23H2/t26-,34+/m0/s1. The maximum Gasteiger partial charge on any atom is 0.288 e. The third-order valence-electron chi connectivity index (χ3n) is 8.82. The van der Waals surface area contributed by atoms with Crippen molar-refractivity contribution in [1.29, 1.82) is 0 Å². The molecule has 7 rings (SSSR count).